The number of carbonyl (C=O) groups excluding carboxylic acids is 1. The third kappa shape index (κ3) is 4.44. The molecule has 2 atom stereocenters. The zero-order chi connectivity index (χ0) is 17.8. The van der Waals surface area contributed by atoms with Gasteiger partial charge in [-0.2, -0.15) is 0 Å². The Balaban J connectivity index is 1.65. The molecule has 0 spiro atoms. The lowest BCUT2D eigenvalue weighted by Crippen LogP contribution is -2.41. The van der Waals surface area contributed by atoms with Crippen molar-refractivity contribution in [2.75, 3.05) is 19.7 Å². The smallest absolute Gasteiger partial charge is 0.251 e. The number of aliphatic hydroxyl groups is 1. The molecule has 0 radical (unpaired) electrons. The number of hydrogen-bond acceptors (Lipinski definition) is 4. The van der Waals surface area contributed by atoms with Crippen molar-refractivity contribution >= 4 is 5.91 Å². The summed E-state index contributed by atoms with van der Waals surface area (Å²) in [6.45, 7) is 6.25. The van der Waals surface area contributed by atoms with Gasteiger partial charge >= 0.3 is 0 Å². The average molecular weight is 339 g/mol. The van der Waals surface area contributed by atoms with Crippen molar-refractivity contribution in [2.24, 2.45) is 5.92 Å². The fraction of sp³-hybridized carbons (Fsp3) is 0.400. The Bertz CT molecular complexity index is 713. The molecule has 2 N–H and O–H groups in total. The molecule has 1 saturated heterocycles. The predicted octanol–water partition coefficient (Wildman–Crippen LogP) is 1.92. The molecule has 1 aromatic heterocycles. The highest BCUT2D eigenvalue weighted by atomic mass is 16.3. The minimum Gasteiger partial charge on any atom is -0.396 e. The largest absolute Gasteiger partial charge is 0.396 e. The second kappa shape index (κ2) is 7.76. The molecule has 1 fully saturated rings. The summed E-state index contributed by atoms with van der Waals surface area (Å²) in [6, 6.07) is 11.7. The first-order chi connectivity index (χ1) is 12.0. The maximum atomic E-state index is 12.6. The standard InChI is InChI=1S/C20H25N3O2/c1-14-7-15(2)9-16(8-14)20(25)22-19-12-23(10-17(19)13-24)11-18-5-3-4-6-21-18/h3-9,17,19,24H,10-13H2,1-2H3,(H,22,25)/t17-,19+/m0/s1. The number of amides is 1. The molecule has 25 heavy (non-hydrogen) atoms. The van der Waals surface area contributed by atoms with E-state index < -0.39 is 0 Å². The number of aliphatic hydroxyl groups excluding tert-OH is 1. The third-order valence-electron chi connectivity index (χ3n) is 4.66. The number of carbonyl (C=O) groups is 1. The van der Waals surface area contributed by atoms with Gasteiger partial charge in [0.25, 0.3) is 5.91 Å². The van der Waals surface area contributed by atoms with Crippen molar-refractivity contribution in [3.05, 3.63) is 65.0 Å². The van der Waals surface area contributed by atoms with Crippen LogP contribution in [0.5, 0.6) is 0 Å². The molecular formula is C20H25N3O2. The van der Waals surface area contributed by atoms with E-state index in [-0.39, 0.29) is 24.5 Å². The highest BCUT2D eigenvalue weighted by Gasteiger charge is 2.33. The SMILES string of the molecule is Cc1cc(C)cc(C(=O)N[C@@H]2CN(Cc3ccccn3)C[C@H]2CO)c1. The maximum absolute atomic E-state index is 12.6. The van der Waals surface area contributed by atoms with Gasteiger partial charge in [0.15, 0.2) is 0 Å². The van der Waals surface area contributed by atoms with Crippen molar-refractivity contribution in [3.8, 4) is 0 Å². The second-order valence-corrected chi connectivity index (χ2v) is 6.91. The number of benzene rings is 1. The lowest BCUT2D eigenvalue weighted by atomic mass is 10.0. The number of aryl methyl sites for hydroxylation is 2. The number of rotatable bonds is 5. The Hall–Kier alpha value is -2.24. The number of likely N-dealkylation sites (tertiary alicyclic amines) is 1. The van der Waals surface area contributed by atoms with Crippen molar-refractivity contribution in [2.45, 2.75) is 26.4 Å². The summed E-state index contributed by atoms with van der Waals surface area (Å²) < 4.78 is 0. The van der Waals surface area contributed by atoms with Crippen LogP contribution in [-0.2, 0) is 6.54 Å². The van der Waals surface area contributed by atoms with Gasteiger partial charge in [0.05, 0.1) is 5.69 Å². The van der Waals surface area contributed by atoms with Crippen molar-refractivity contribution < 1.29 is 9.90 Å². The molecule has 3 rings (SSSR count). The first-order valence-electron chi connectivity index (χ1n) is 8.67. The van der Waals surface area contributed by atoms with E-state index in [2.05, 4.69) is 21.3 Å². The fourth-order valence-electron chi connectivity index (χ4n) is 3.52. The number of pyridine rings is 1. The van der Waals surface area contributed by atoms with E-state index in [1.54, 1.807) is 6.20 Å². The van der Waals surface area contributed by atoms with Crippen molar-refractivity contribution in [1.29, 1.82) is 0 Å². The van der Waals surface area contributed by atoms with Crippen LogP contribution in [-0.4, -0.2) is 46.6 Å². The van der Waals surface area contributed by atoms with E-state index in [0.717, 1.165) is 36.5 Å². The number of nitrogens with zero attached hydrogens (tertiary/aromatic N) is 2. The maximum Gasteiger partial charge on any atom is 0.251 e. The molecule has 0 saturated carbocycles. The molecule has 1 amide bonds. The molecule has 5 nitrogen and oxygen atoms in total. The lowest BCUT2D eigenvalue weighted by Gasteiger charge is -2.18. The Morgan fingerprint density at radius 2 is 2.00 bits per heavy atom. The number of aromatic nitrogens is 1. The van der Waals surface area contributed by atoms with Crippen LogP contribution in [0.2, 0.25) is 0 Å². The van der Waals surface area contributed by atoms with Gasteiger partial charge in [0.1, 0.15) is 0 Å². The minimum atomic E-state index is -0.0741. The summed E-state index contributed by atoms with van der Waals surface area (Å²) in [7, 11) is 0. The summed E-state index contributed by atoms with van der Waals surface area (Å²) in [6.07, 6.45) is 1.79. The molecule has 1 aliphatic rings. The Labute approximate surface area is 148 Å². The van der Waals surface area contributed by atoms with E-state index in [4.69, 9.17) is 0 Å². The van der Waals surface area contributed by atoms with Gasteiger partial charge in [-0.25, -0.2) is 0 Å². The Morgan fingerprint density at radius 3 is 2.64 bits per heavy atom. The van der Waals surface area contributed by atoms with E-state index in [0.29, 0.717) is 5.56 Å². The molecule has 1 aromatic carbocycles. The molecule has 2 aromatic rings. The zero-order valence-electron chi connectivity index (χ0n) is 14.8. The monoisotopic (exact) mass is 339 g/mol. The first-order valence-corrected chi connectivity index (χ1v) is 8.67. The summed E-state index contributed by atoms with van der Waals surface area (Å²) in [5, 5.41) is 12.8. The summed E-state index contributed by atoms with van der Waals surface area (Å²) in [5.41, 5.74) is 3.83. The summed E-state index contributed by atoms with van der Waals surface area (Å²) in [4.78, 5) is 19.2. The first kappa shape index (κ1) is 17.6. The van der Waals surface area contributed by atoms with Crippen LogP contribution in [0.15, 0.2) is 42.6 Å². The topological polar surface area (TPSA) is 65.5 Å². The normalized spacial score (nSPS) is 20.6. The van der Waals surface area contributed by atoms with Crippen LogP contribution in [0.4, 0.5) is 0 Å². The van der Waals surface area contributed by atoms with Gasteiger partial charge in [-0.15, -0.1) is 0 Å². The molecule has 0 unspecified atom stereocenters. The molecule has 2 heterocycles. The Kier molecular flexibility index (Phi) is 5.46. The second-order valence-electron chi connectivity index (χ2n) is 6.91. The van der Waals surface area contributed by atoms with Gasteiger partial charge < -0.3 is 10.4 Å². The molecule has 1 aliphatic heterocycles. The highest BCUT2D eigenvalue weighted by Crippen LogP contribution is 2.19. The predicted molar refractivity (Wildman–Crippen MR) is 97.3 cm³/mol. The van der Waals surface area contributed by atoms with E-state index in [1.807, 2.05) is 44.2 Å². The summed E-state index contributed by atoms with van der Waals surface area (Å²) in [5.74, 6) is -0.0338. The molecule has 0 aliphatic carbocycles. The van der Waals surface area contributed by atoms with Crippen LogP contribution in [0.25, 0.3) is 0 Å². The molecular weight excluding hydrogens is 314 g/mol. The molecule has 5 heteroatoms. The van der Waals surface area contributed by atoms with Gasteiger partial charge in [-0.05, 0) is 38.1 Å². The van der Waals surface area contributed by atoms with Gasteiger partial charge in [-0.1, -0.05) is 23.3 Å². The zero-order valence-corrected chi connectivity index (χ0v) is 14.8. The lowest BCUT2D eigenvalue weighted by molar-refractivity contribution is 0.0921. The third-order valence-corrected chi connectivity index (χ3v) is 4.66. The van der Waals surface area contributed by atoms with Gasteiger partial charge in [0.2, 0.25) is 0 Å². The minimum absolute atomic E-state index is 0.0403. The van der Waals surface area contributed by atoms with Gasteiger partial charge in [-0.3, -0.25) is 14.7 Å². The van der Waals surface area contributed by atoms with Crippen molar-refractivity contribution in [3.63, 3.8) is 0 Å². The summed E-state index contributed by atoms with van der Waals surface area (Å²) >= 11 is 0. The number of hydrogen-bond donors (Lipinski definition) is 2. The highest BCUT2D eigenvalue weighted by molar-refractivity contribution is 5.94. The number of nitrogens with one attached hydrogen (secondary N) is 1. The van der Waals surface area contributed by atoms with Crippen LogP contribution >= 0.6 is 0 Å². The van der Waals surface area contributed by atoms with E-state index in [9.17, 15) is 9.90 Å². The van der Waals surface area contributed by atoms with Crippen LogP contribution < -0.4 is 5.32 Å². The van der Waals surface area contributed by atoms with E-state index >= 15 is 0 Å². The fourth-order valence-corrected chi connectivity index (χ4v) is 3.52. The quantitative estimate of drug-likeness (QED) is 0.873. The van der Waals surface area contributed by atoms with Crippen molar-refractivity contribution in [1.82, 2.24) is 15.2 Å². The Morgan fingerprint density at radius 1 is 1.24 bits per heavy atom. The van der Waals surface area contributed by atoms with Crippen LogP contribution in [0, 0.1) is 19.8 Å². The van der Waals surface area contributed by atoms with Crippen LogP contribution in [0.1, 0.15) is 27.2 Å². The van der Waals surface area contributed by atoms with E-state index in [1.165, 1.54) is 0 Å². The molecule has 0 bridgehead atoms. The van der Waals surface area contributed by atoms with Crippen LogP contribution in [0.3, 0.4) is 0 Å². The average Bonchev–Trinajstić information content (AvgIpc) is 2.96. The van der Waals surface area contributed by atoms with Gasteiger partial charge in [0, 0.05) is 50.0 Å². The molecule has 132 valence electrons.